The third-order valence-corrected chi connectivity index (χ3v) is 15.0. The van der Waals surface area contributed by atoms with Gasteiger partial charge in [0.05, 0.1) is 38.0 Å². The number of carbonyl (C=O) groups is 4. The first-order chi connectivity index (χ1) is 27.4. The molecule has 3 unspecified atom stereocenters. The summed E-state index contributed by atoms with van der Waals surface area (Å²) in [5.41, 5.74) is 0.950. The molecular weight excluding hydrogens is 759 g/mol. The van der Waals surface area contributed by atoms with Crippen molar-refractivity contribution in [1.82, 2.24) is 20.5 Å². The average molecular weight is 816 g/mol. The van der Waals surface area contributed by atoms with Crippen LogP contribution in [0.1, 0.15) is 91.3 Å². The molecule has 6 aliphatic rings. The van der Waals surface area contributed by atoms with Crippen LogP contribution in [0.15, 0.2) is 35.8 Å². The van der Waals surface area contributed by atoms with Crippen molar-refractivity contribution in [2.75, 3.05) is 20.8 Å². The predicted octanol–water partition coefficient (Wildman–Crippen LogP) is 6.12. The van der Waals surface area contributed by atoms with Gasteiger partial charge in [0.2, 0.25) is 11.8 Å². The molecule has 0 spiro atoms. The zero-order chi connectivity index (χ0) is 41.7. The van der Waals surface area contributed by atoms with Crippen molar-refractivity contribution >= 4 is 51.6 Å². The Hall–Kier alpha value is -4.33. The fourth-order valence-corrected chi connectivity index (χ4v) is 11.5. The smallest absolute Gasteiger partial charge is 0.408 e. The van der Waals surface area contributed by atoms with E-state index in [1.54, 1.807) is 24.9 Å². The van der Waals surface area contributed by atoms with Gasteiger partial charge in [-0.25, -0.2) is 14.6 Å². The molecule has 0 bridgehead atoms. The predicted molar refractivity (Wildman–Crippen MR) is 221 cm³/mol. The molecule has 1 aromatic carbocycles. The highest BCUT2D eigenvalue weighted by Crippen LogP contribution is 2.93. The summed E-state index contributed by atoms with van der Waals surface area (Å²) < 4.78 is 23.5. The molecule has 1 saturated heterocycles. The maximum Gasteiger partial charge on any atom is 0.408 e. The molecule has 2 aromatic rings. The summed E-state index contributed by atoms with van der Waals surface area (Å²) in [5, 5.41) is 7.67. The molecule has 4 saturated carbocycles. The van der Waals surface area contributed by atoms with E-state index in [2.05, 4.69) is 38.0 Å². The molecule has 58 heavy (non-hydrogen) atoms. The second kappa shape index (κ2) is 14.2. The summed E-state index contributed by atoms with van der Waals surface area (Å²) in [6, 6.07) is 3.76. The highest BCUT2D eigenvalue weighted by Gasteiger charge is 2.86. The molecule has 2 N–H and O–H groups in total. The number of likely N-dealkylation sites (tertiary alicyclic amines) is 1. The van der Waals surface area contributed by atoms with Crippen molar-refractivity contribution in [3.63, 3.8) is 0 Å². The van der Waals surface area contributed by atoms with Crippen LogP contribution in [-0.2, 0) is 23.9 Å². The lowest BCUT2D eigenvalue weighted by Gasteiger charge is -2.35. The number of hydrogen-bond donors (Lipinski definition) is 2. The van der Waals surface area contributed by atoms with Crippen LogP contribution in [0.4, 0.5) is 4.79 Å². The van der Waals surface area contributed by atoms with E-state index in [-0.39, 0.29) is 36.3 Å². The van der Waals surface area contributed by atoms with Crippen molar-refractivity contribution in [2.24, 2.45) is 33.1 Å². The quantitative estimate of drug-likeness (QED) is 0.189. The zero-order valence-corrected chi connectivity index (χ0v) is 35.9. The Kier molecular flexibility index (Phi) is 9.87. The molecule has 4 aliphatic carbocycles. The van der Waals surface area contributed by atoms with Gasteiger partial charge in [0.1, 0.15) is 46.4 Å². The number of fused-ring (bicyclic) bond motifs is 1. The second-order valence-electron chi connectivity index (χ2n) is 19.1. The SMILES string of the molecule is C=C[C@@H]1C[C@]1(NC(=O)[C@@H]1CC(Oc2cc(C3=NC(C(C)C)C(C)S3)nc3c(C)c(OC)ccc23)CN1C(=O)[C@@H](NC(=O)OC1CC23CC2(C1)C3)C(C)(C)C)C(=O)OC. The van der Waals surface area contributed by atoms with Crippen LogP contribution < -0.4 is 20.1 Å². The van der Waals surface area contributed by atoms with E-state index in [9.17, 15) is 19.2 Å². The summed E-state index contributed by atoms with van der Waals surface area (Å²) in [7, 11) is 2.90. The van der Waals surface area contributed by atoms with Gasteiger partial charge in [-0.2, -0.15) is 0 Å². The summed E-state index contributed by atoms with van der Waals surface area (Å²) in [6.07, 6.45) is 4.84. The van der Waals surface area contributed by atoms with E-state index in [4.69, 9.17) is 28.9 Å². The van der Waals surface area contributed by atoms with E-state index in [0.29, 0.717) is 45.9 Å². The van der Waals surface area contributed by atoms with Crippen LogP contribution in [0.3, 0.4) is 0 Å². The maximum atomic E-state index is 14.8. The van der Waals surface area contributed by atoms with Crippen LogP contribution in [0.5, 0.6) is 11.5 Å². The Morgan fingerprint density at radius 3 is 2.34 bits per heavy atom. The molecule has 3 heterocycles. The number of aryl methyl sites for hydroxylation is 1. The lowest BCUT2D eigenvalue weighted by atomic mass is 9.85. The third-order valence-electron chi connectivity index (χ3n) is 13.8. The molecular formula is C44H57N5O8S. The van der Waals surface area contributed by atoms with Gasteiger partial charge < -0.3 is 34.5 Å². The van der Waals surface area contributed by atoms with Crippen molar-refractivity contribution < 1.29 is 38.1 Å². The van der Waals surface area contributed by atoms with Gasteiger partial charge in [-0.15, -0.1) is 6.58 Å². The molecule has 312 valence electrons. The van der Waals surface area contributed by atoms with Crippen molar-refractivity contribution in [3.8, 4) is 11.5 Å². The van der Waals surface area contributed by atoms with Gasteiger partial charge >= 0.3 is 12.1 Å². The van der Waals surface area contributed by atoms with Gasteiger partial charge in [-0.3, -0.25) is 14.6 Å². The number of nitrogens with zero attached hydrogens (tertiary/aromatic N) is 3. The van der Waals surface area contributed by atoms with Gasteiger partial charge in [-0.1, -0.05) is 59.4 Å². The Balaban J connectivity index is 1.10. The highest BCUT2D eigenvalue weighted by atomic mass is 32.2. The molecule has 13 nitrogen and oxygen atoms in total. The minimum atomic E-state index is -1.27. The number of aromatic nitrogens is 1. The Bertz CT molecular complexity index is 2090. The number of methoxy groups -OCH3 is 2. The Morgan fingerprint density at radius 2 is 1.76 bits per heavy atom. The van der Waals surface area contributed by atoms with E-state index in [0.717, 1.165) is 28.8 Å². The molecule has 1 aromatic heterocycles. The third kappa shape index (κ3) is 6.80. The molecule has 7 atom stereocenters. The average Bonchev–Trinajstić information content (AvgIpc) is 3.97. The summed E-state index contributed by atoms with van der Waals surface area (Å²) in [6.45, 7) is 18.0. The summed E-state index contributed by atoms with van der Waals surface area (Å²) in [4.78, 5) is 67.3. The van der Waals surface area contributed by atoms with Gasteiger partial charge in [-0.05, 0) is 73.3 Å². The van der Waals surface area contributed by atoms with Crippen LogP contribution >= 0.6 is 11.8 Å². The molecule has 2 aliphatic heterocycles. The van der Waals surface area contributed by atoms with Crippen LogP contribution in [0.2, 0.25) is 0 Å². The first kappa shape index (κ1) is 40.4. The van der Waals surface area contributed by atoms with E-state index >= 15 is 0 Å². The maximum absolute atomic E-state index is 14.8. The summed E-state index contributed by atoms with van der Waals surface area (Å²) in [5.74, 6) is -0.277. The number of nitrogens with one attached hydrogen (secondary N) is 2. The zero-order valence-electron chi connectivity index (χ0n) is 35.1. The summed E-state index contributed by atoms with van der Waals surface area (Å²) >= 11 is 1.69. The number of aliphatic imine (C=N–C) groups is 1. The van der Waals surface area contributed by atoms with Gasteiger partial charge in [0.25, 0.3) is 0 Å². The van der Waals surface area contributed by atoms with E-state index < -0.39 is 53.0 Å². The van der Waals surface area contributed by atoms with Crippen LogP contribution in [0.25, 0.3) is 10.9 Å². The fraction of sp³-hybridized carbons (Fsp3) is 0.636. The monoisotopic (exact) mass is 815 g/mol. The topological polar surface area (TPSA) is 158 Å². The number of hydrogen-bond acceptors (Lipinski definition) is 11. The van der Waals surface area contributed by atoms with E-state index in [1.807, 2.05) is 45.9 Å². The first-order valence-electron chi connectivity index (χ1n) is 20.6. The van der Waals surface area contributed by atoms with Gasteiger partial charge in [0, 0.05) is 34.6 Å². The Labute approximate surface area is 344 Å². The number of pyridine rings is 1. The standard InChI is InChI=1S/C44H57N5O8S/c1-11-25-16-44(25,39(52)55-10)48-36(50)30-14-26(19-49(30)38(51)35(41(6,7)8)47-40(53)57-27-17-42-20-43(42,18-27)21-42)56-32-15-29(37-46-33(22(2)3)24(5)58-37)45-34-23(4)31(54-9)13-12-28(32)34/h11-13,15,22,24-27,30,33,35H,1,14,16-21H2,2-10H3,(H,47,53)(H,48,50)/t24?,25-,26?,27?,30+,33?,35-,42?,43?,44-/m1/s1. The van der Waals surface area contributed by atoms with Crippen LogP contribution in [-0.4, -0.2) is 101 Å². The van der Waals surface area contributed by atoms with Crippen molar-refractivity contribution in [2.45, 2.75) is 128 Å². The molecule has 5 fully saturated rings. The lowest BCUT2D eigenvalue weighted by molar-refractivity contribution is -0.148. The van der Waals surface area contributed by atoms with Gasteiger partial charge in [0.15, 0.2) is 0 Å². The minimum Gasteiger partial charge on any atom is -0.496 e. The molecule has 3 amide bonds. The number of thioether (sulfide) groups is 1. The molecule has 14 heteroatoms. The van der Waals surface area contributed by atoms with Crippen molar-refractivity contribution in [3.05, 3.63) is 42.1 Å². The minimum absolute atomic E-state index is 0.0421. The molecule has 0 radical (unpaired) electrons. The first-order valence-corrected chi connectivity index (χ1v) is 21.5. The number of esters is 1. The highest BCUT2D eigenvalue weighted by molar-refractivity contribution is 8.15. The number of rotatable bonds is 12. The Morgan fingerprint density at radius 1 is 1.05 bits per heavy atom. The largest absolute Gasteiger partial charge is 0.496 e. The number of alkyl carbamates (subject to hydrolysis) is 1. The number of benzene rings is 1. The van der Waals surface area contributed by atoms with Crippen LogP contribution in [0, 0.1) is 35.0 Å². The second-order valence-corrected chi connectivity index (χ2v) is 20.4. The fourth-order valence-electron chi connectivity index (χ4n) is 10.2. The molecule has 8 rings (SSSR count). The lowest BCUT2D eigenvalue weighted by Crippen LogP contribution is -2.59. The van der Waals surface area contributed by atoms with Crippen molar-refractivity contribution in [1.29, 1.82) is 0 Å². The number of carbonyl (C=O) groups excluding carboxylic acids is 4. The number of ether oxygens (including phenoxy) is 4. The van der Waals surface area contributed by atoms with E-state index in [1.165, 1.54) is 24.9 Å². The normalized spacial score (nSPS) is 33.4. The number of amides is 3.